The van der Waals surface area contributed by atoms with Crippen LogP contribution in [0.5, 0.6) is 5.75 Å². The van der Waals surface area contributed by atoms with Crippen LogP contribution in [-0.2, 0) is 9.53 Å². The average molecular weight is 403 g/mol. The molecule has 1 fully saturated rings. The van der Waals surface area contributed by atoms with Crippen molar-refractivity contribution in [2.45, 2.75) is 45.3 Å². The van der Waals surface area contributed by atoms with E-state index in [0.29, 0.717) is 36.1 Å². The van der Waals surface area contributed by atoms with Crippen LogP contribution in [0, 0.1) is 0 Å². The molecule has 1 aromatic heterocycles. The van der Waals surface area contributed by atoms with Gasteiger partial charge in [0, 0.05) is 11.9 Å². The molecule has 0 aliphatic carbocycles. The van der Waals surface area contributed by atoms with Gasteiger partial charge in [0.05, 0.1) is 7.11 Å². The molecule has 0 radical (unpaired) electrons. The molecule has 1 saturated heterocycles. The first-order valence-electron chi connectivity index (χ1n) is 9.31. The molecule has 29 heavy (non-hydrogen) atoms. The maximum absolute atomic E-state index is 13.0. The lowest BCUT2D eigenvalue weighted by molar-refractivity contribution is -0.120. The number of nitrogens with two attached hydrogens (primary N) is 1. The molecule has 9 heteroatoms. The number of hydrogen-bond acceptors (Lipinski definition) is 6. The molecule has 3 amide bonds. The molecule has 3 rings (SSSR count). The fourth-order valence-corrected chi connectivity index (χ4v) is 3.29. The molecule has 0 unspecified atom stereocenters. The normalized spacial score (nSPS) is 16.7. The molecule has 1 atom stereocenters. The van der Waals surface area contributed by atoms with E-state index in [9.17, 15) is 14.4 Å². The number of likely N-dealkylation sites (tertiary alicyclic amines) is 1. The molecule has 9 nitrogen and oxygen atoms in total. The lowest BCUT2D eigenvalue weighted by Gasteiger charge is -2.28. The summed E-state index contributed by atoms with van der Waals surface area (Å²) in [7, 11) is 1.51. The zero-order valence-corrected chi connectivity index (χ0v) is 16.9. The Morgan fingerprint density at radius 3 is 2.62 bits per heavy atom. The van der Waals surface area contributed by atoms with E-state index < -0.39 is 29.6 Å². The summed E-state index contributed by atoms with van der Waals surface area (Å²) in [5.74, 6) is -0.892. The van der Waals surface area contributed by atoms with Gasteiger partial charge in [-0.2, -0.15) is 0 Å². The Kier molecular flexibility index (Phi) is 5.41. The Bertz CT molecular complexity index is 959. The Hall–Kier alpha value is -3.23. The fraction of sp³-hybridized carbons (Fsp3) is 0.450. The maximum Gasteiger partial charge on any atom is 0.410 e. The van der Waals surface area contributed by atoms with E-state index in [1.807, 2.05) is 0 Å². The fourth-order valence-electron chi connectivity index (χ4n) is 3.29. The van der Waals surface area contributed by atoms with Crippen LogP contribution in [0.15, 0.2) is 22.6 Å². The van der Waals surface area contributed by atoms with E-state index in [2.05, 4.69) is 5.32 Å². The smallest absolute Gasteiger partial charge is 0.410 e. The molecule has 1 aliphatic heterocycles. The second-order valence-corrected chi connectivity index (χ2v) is 7.85. The van der Waals surface area contributed by atoms with E-state index in [1.165, 1.54) is 12.0 Å². The van der Waals surface area contributed by atoms with Crippen LogP contribution in [0.4, 0.5) is 10.5 Å². The summed E-state index contributed by atoms with van der Waals surface area (Å²) < 4.78 is 16.1. The maximum atomic E-state index is 13.0. The van der Waals surface area contributed by atoms with Crippen LogP contribution in [0.1, 0.15) is 44.2 Å². The molecular weight excluding hydrogens is 378 g/mol. The number of methoxy groups -OCH3 is 1. The van der Waals surface area contributed by atoms with E-state index in [1.54, 1.807) is 39.0 Å². The Morgan fingerprint density at radius 2 is 2.00 bits per heavy atom. The van der Waals surface area contributed by atoms with Crippen LogP contribution < -0.4 is 15.8 Å². The van der Waals surface area contributed by atoms with Gasteiger partial charge >= 0.3 is 6.09 Å². The number of rotatable bonds is 4. The molecule has 0 spiro atoms. The minimum Gasteiger partial charge on any atom is -0.497 e. The van der Waals surface area contributed by atoms with Gasteiger partial charge in [-0.1, -0.05) is 0 Å². The zero-order valence-electron chi connectivity index (χ0n) is 16.9. The molecule has 2 heterocycles. The minimum absolute atomic E-state index is 0.160. The van der Waals surface area contributed by atoms with Crippen LogP contribution in [0.2, 0.25) is 0 Å². The summed E-state index contributed by atoms with van der Waals surface area (Å²) in [5, 5.41) is 3.20. The highest BCUT2D eigenvalue weighted by Gasteiger charge is 2.37. The van der Waals surface area contributed by atoms with Gasteiger partial charge in [0.15, 0.2) is 0 Å². The molecule has 1 aliphatic rings. The Morgan fingerprint density at radius 1 is 1.28 bits per heavy atom. The summed E-state index contributed by atoms with van der Waals surface area (Å²) >= 11 is 0. The van der Waals surface area contributed by atoms with Gasteiger partial charge < -0.3 is 24.9 Å². The van der Waals surface area contributed by atoms with Gasteiger partial charge in [-0.05, 0) is 51.8 Å². The number of amides is 3. The van der Waals surface area contributed by atoms with Crippen molar-refractivity contribution in [3.8, 4) is 5.75 Å². The highest BCUT2D eigenvalue weighted by molar-refractivity contribution is 6.11. The molecule has 2 aromatic rings. The van der Waals surface area contributed by atoms with Gasteiger partial charge in [0.2, 0.25) is 11.7 Å². The Balaban J connectivity index is 1.89. The first-order valence-corrected chi connectivity index (χ1v) is 9.31. The van der Waals surface area contributed by atoms with Crippen molar-refractivity contribution in [1.82, 2.24) is 4.90 Å². The quantitative estimate of drug-likeness (QED) is 0.809. The van der Waals surface area contributed by atoms with Gasteiger partial charge in [0.25, 0.3) is 5.91 Å². The van der Waals surface area contributed by atoms with Crippen LogP contribution in [0.25, 0.3) is 11.0 Å². The van der Waals surface area contributed by atoms with Crippen LogP contribution in [-0.4, -0.2) is 48.1 Å². The van der Waals surface area contributed by atoms with Gasteiger partial charge in [-0.3, -0.25) is 14.5 Å². The third kappa shape index (κ3) is 4.28. The molecule has 0 bridgehead atoms. The van der Waals surface area contributed by atoms with Crippen molar-refractivity contribution in [1.29, 1.82) is 0 Å². The van der Waals surface area contributed by atoms with Crippen molar-refractivity contribution >= 4 is 34.6 Å². The predicted octanol–water partition coefficient (Wildman–Crippen LogP) is 2.88. The van der Waals surface area contributed by atoms with E-state index in [4.69, 9.17) is 19.6 Å². The second kappa shape index (κ2) is 7.65. The number of carbonyl (C=O) groups excluding carboxylic acids is 3. The summed E-state index contributed by atoms with van der Waals surface area (Å²) in [5.41, 5.74) is 5.29. The predicted molar refractivity (Wildman–Crippen MR) is 106 cm³/mol. The first-order chi connectivity index (χ1) is 13.6. The molecule has 0 saturated carbocycles. The summed E-state index contributed by atoms with van der Waals surface area (Å²) in [6.07, 6.45) is 0.597. The van der Waals surface area contributed by atoms with Crippen molar-refractivity contribution in [2.75, 3.05) is 19.0 Å². The summed E-state index contributed by atoms with van der Waals surface area (Å²) in [6.45, 7) is 5.70. The summed E-state index contributed by atoms with van der Waals surface area (Å²) in [4.78, 5) is 38.7. The molecule has 156 valence electrons. The van der Waals surface area contributed by atoms with E-state index in [-0.39, 0.29) is 11.4 Å². The number of carbonyl (C=O) groups is 3. The minimum atomic E-state index is -0.814. The first kappa shape index (κ1) is 20.5. The standard InChI is InChI=1S/C20H25N3O6/c1-20(2,3)29-19(26)23-9-5-6-13(23)18(25)22-15-12-10-11(27-4)7-8-14(12)28-16(15)17(21)24/h7-8,10,13H,5-6,9H2,1-4H3,(H2,21,24)(H,22,25)/t13-/m1/s1. The topological polar surface area (TPSA) is 124 Å². The van der Waals surface area contributed by atoms with Crippen molar-refractivity contribution in [3.63, 3.8) is 0 Å². The largest absolute Gasteiger partial charge is 0.497 e. The van der Waals surface area contributed by atoms with Crippen molar-refractivity contribution in [2.24, 2.45) is 5.73 Å². The third-order valence-corrected chi connectivity index (χ3v) is 4.55. The average Bonchev–Trinajstić information content (AvgIpc) is 3.25. The second-order valence-electron chi connectivity index (χ2n) is 7.85. The monoisotopic (exact) mass is 403 g/mol. The van der Waals surface area contributed by atoms with E-state index >= 15 is 0 Å². The number of nitrogens with zero attached hydrogens (tertiary/aromatic N) is 1. The number of primary amides is 1. The van der Waals surface area contributed by atoms with Crippen LogP contribution in [0.3, 0.4) is 0 Å². The number of furan rings is 1. The number of benzene rings is 1. The lowest BCUT2D eigenvalue weighted by atomic mass is 10.1. The highest BCUT2D eigenvalue weighted by atomic mass is 16.6. The SMILES string of the molecule is COc1ccc2oc(C(N)=O)c(NC(=O)[C@H]3CCCN3C(=O)OC(C)(C)C)c2c1. The van der Waals surface area contributed by atoms with E-state index in [0.717, 1.165) is 0 Å². The van der Waals surface area contributed by atoms with Crippen LogP contribution >= 0.6 is 0 Å². The molecule has 1 aromatic carbocycles. The van der Waals surface area contributed by atoms with Crippen molar-refractivity contribution < 1.29 is 28.3 Å². The third-order valence-electron chi connectivity index (χ3n) is 4.55. The number of nitrogens with one attached hydrogen (secondary N) is 1. The number of fused-ring (bicyclic) bond motifs is 1. The van der Waals surface area contributed by atoms with Gasteiger partial charge in [0.1, 0.15) is 28.7 Å². The van der Waals surface area contributed by atoms with Gasteiger partial charge in [-0.15, -0.1) is 0 Å². The molecule has 3 N–H and O–H groups in total. The van der Waals surface area contributed by atoms with Crippen molar-refractivity contribution in [3.05, 3.63) is 24.0 Å². The number of ether oxygens (including phenoxy) is 2. The molecular formula is C20H25N3O6. The lowest BCUT2D eigenvalue weighted by Crippen LogP contribution is -2.45. The zero-order chi connectivity index (χ0) is 21.3. The number of anilines is 1. The number of hydrogen-bond donors (Lipinski definition) is 2. The highest BCUT2D eigenvalue weighted by Crippen LogP contribution is 2.34. The van der Waals surface area contributed by atoms with Gasteiger partial charge in [-0.25, -0.2) is 4.79 Å². The Labute approximate surface area is 168 Å². The summed E-state index contributed by atoms with van der Waals surface area (Å²) in [6, 6.07) is 4.21.